The van der Waals surface area contributed by atoms with Crippen LogP contribution in [0.5, 0.6) is 0 Å². The van der Waals surface area contributed by atoms with Crippen LogP contribution in [0.2, 0.25) is 0 Å². The molecule has 1 amide bonds. The average Bonchev–Trinajstić information content (AvgIpc) is 3.47. The molecule has 8 heteroatoms. The topological polar surface area (TPSA) is 88.5 Å². The van der Waals surface area contributed by atoms with Gasteiger partial charge in [-0.05, 0) is 41.8 Å². The first-order chi connectivity index (χ1) is 13.8. The Morgan fingerprint density at radius 3 is 2.79 bits per heavy atom. The summed E-state index contributed by atoms with van der Waals surface area (Å²) in [4.78, 5) is 18.2. The van der Waals surface area contributed by atoms with Gasteiger partial charge < -0.3 is 5.32 Å². The van der Waals surface area contributed by atoms with Gasteiger partial charge in [-0.1, -0.05) is 24.3 Å². The molecule has 5 rings (SSSR count). The molecule has 0 radical (unpaired) electrons. The Morgan fingerprint density at radius 2 is 1.96 bits per heavy atom. The highest BCUT2D eigenvalue weighted by Crippen LogP contribution is 2.26. The molecule has 0 saturated heterocycles. The summed E-state index contributed by atoms with van der Waals surface area (Å²) in [5.41, 5.74) is 2.34. The van der Waals surface area contributed by atoms with Gasteiger partial charge in [0.1, 0.15) is 0 Å². The number of anilines is 1. The predicted octanol–water partition coefficient (Wildman–Crippen LogP) is 4.12. The molecule has 0 aliphatic heterocycles. The van der Waals surface area contributed by atoms with Crippen molar-refractivity contribution in [2.75, 3.05) is 5.32 Å². The quantitative estimate of drug-likeness (QED) is 0.486. The number of thiophene rings is 1. The summed E-state index contributed by atoms with van der Waals surface area (Å²) in [6, 6.07) is 19.1. The van der Waals surface area contributed by atoms with Gasteiger partial charge >= 0.3 is 0 Å². The predicted molar refractivity (Wildman–Crippen MR) is 109 cm³/mol. The monoisotopic (exact) mass is 386 g/mol. The number of nitrogens with zero attached hydrogens (tertiary/aromatic N) is 4. The number of carbonyl (C=O) groups is 1. The molecule has 0 atom stereocenters. The summed E-state index contributed by atoms with van der Waals surface area (Å²) in [6.45, 7) is 0. The maximum absolute atomic E-state index is 12.8. The lowest BCUT2D eigenvalue weighted by molar-refractivity contribution is 0.101. The van der Waals surface area contributed by atoms with Crippen molar-refractivity contribution < 1.29 is 4.79 Å². The molecule has 0 spiro atoms. The van der Waals surface area contributed by atoms with Crippen LogP contribution in [-0.2, 0) is 0 Å². The summed E-state index contributed by atoms with van der Waals surface area (Å²) < 4.78 is 1.69. The van der Waals surface area contributed by atoms with Gasteiger partial charge in [0.15, 0.2) is 5.82 Å². The number of hydrogen-bond acceptors (Lipinski definition) is 5. The second-order valence-corrected chi connectivity index (χ2v) is 7.06. The zero-order valence-corrected chi connectivity index (χ0v) is 15.4. The highest BCUT2D eigenvalue weighted by atomic mass is 32.1. The number of nitrogens with one attached hydrogen (secondary N) is 2. The Bertz CT molecular complexity index is 1260. The summed E-state index contributed by atoms with van der Waals surface area (Å²) in [6.07, 6.45) is 1.73. The van der Waals surface area contributed by atoms with Crippen molar-refractivity contribution in [3.63, 3.8) is 0 Å². The van der Waals surface area contributed by atoms with E-state index < -0.39 is 0 Å². The molecular formula is C20H14N6OS. The third kappa shape index (κ3) is 2.95. The Balaban J connectivity index is 1.51. The van der Waals surface area contributed by atoms with Crippen LogP contribution >= 0.6 is 11.3 Å². The maximum atomic E-state index is 12.8. The smallest absolute Gasteiger partial charge is 0.295 e. The number of para-hydroxylation sites is 1. The highest BCUT2D eigenvalue weighted by Gasteiger charge is 2.19. The van der Waals surface area contributed by atoms with Crippen molar-refractivity contribution in [2.45, 2.75) is 0 Å². The van der Waals surface area contributed by atoms with Crippen molar-refractivity contribution in [2.24, 2.45) is 0 Å². The van der Waals surface area contributed by atoms with E-state index in [0.29, 0.717) is 11.5 Å². The zero-order valence-electron chi connectivity index (χ0n) is 14.5. The normalized spacial score (nSPS) is 11.0. The van der Waals surface area contributed by atoms with Gasteiger partial charge in [-0.25, -0.2) is 9.67 Å². The Morgan fingerprint density at radius 1 is 1.07 bits per heavy atom. The number of fused-ring (bicyclic) bond motifs is 1. The number of amides is 1. The molecule has 3 aromatic heterocycles. The van der Waals surface area contributed by atoms with Gasteiger partial charge in [0, 0.05) is 11.1 Å². The lowest BCUT2D eigenvalue weighted by Gasteiger charge is -2.03. The second-order valence-electron chi connectivity index (χ2n) is 6.11. The van der Waals surface area contributed by atoms with Crippen LogP contribution in [0.25, 0.3) is 27.3 Å². The SMILES string of the molecule is O=C(Nc1ccc2cn[nH]c2c1)c1nc(-c2cccs2)n(-c2ccccc2)n1. The van der Waals surface area contributed by atoms with Gasteiger partial charge in [0.25, 0.3) is 5.91 Å². The molecule has 0 unspecified atom stereocenters. The largest absolute Gasteiger partial charge is 0.319 e. The second kappa shape index (κ2) is 6.75. The van der Waals surface area contributed by atoms with E-state index in [1.165, 1.54) is 0 Å². The molecule has 7 nitrogen and oxygen atoms in total. The van der Waals surface area contributed by atoms with E-state index in [4.69, 9.17) is 0 Å². The van der Waals surface area contributed by atoms with E-state index in [1.54, 1.807) is 22.2 Å². The first-order valence-electron chi connectivity index (χ1n) is 8.59. The lowest BCUT2D eigenvalue weighted by atomic mass is 10.2. The molecule has 0 bridgehead atoms. The summed E-state index contributed by atoms with van der Waals surface area (Å²) >= 11 is 1.55. The lowest BCUT2D eigenvalue weighted by Crippen LogP contribution is -2.14. The zero-order chi connectivity index (χ0) is 18.9. The molecule has 3 heterocycles. The minimum absolute atomic E-state index is 0.108. The fraction of sp³-hybridized carbons (Fsp3) is 0. The van der Waals surface area contributed by atoms with Crippen molar-refractivity contribution in [3.05, 3.63) is 78.1 Å². The number of aromatic amines is 1. The van der Waals surface area contributed by atoms with Crippen molar-refractivity contribution in [1.82, 2.24) is 25.0 Å². The summed E-state index contributed by atoms with van der Waals surface area (Å²) in [5.74, 6) is 0.374. The van der Waals surface area contributed by atoms with E-state index in [0.717, 1.165) is 21.5 Å². The number of H-pyrrole nitrogens is 1. The first-order valence-corrected chi connectivity index (χ1v) is 9.47. The van der Waals surface area contributed by atoms with Gasteiger partial charge in [-0.3, -0.25) is 9.89 Å². The Labute approximate surface area is 163 Å². The molecule has 0 fully saturated rings. The van der Waals surface area contributed by atoms with Crippen molar-refractivity contribution in [1.29, 1.82) is 0 Å². The Kier molecular flexibility index (Phi) is 3.95. The van der Waals surface area contributed by atoms with Crippen LogP contribution in [0.15, 0.2) is 72.2 Å². The summed E-state index contributed by atoms with van der Waals surface area (Å²) in [5, 5.41) is 17.2. The van der Waals surface area contributed by atoms with Crippen molar-refractivity contribution >= 4 is 33.8 Å². The molecule has 5 aromatic rings. The van der Waals surface area contributed by atoms with E-state index in [-0.39, 0.29) is 11.7 Å². The minimum atomic E-state index is -0.369. The summed E-state index contributed by atoms with van der Waals surface area (Å²) in [7, 11) is 0. The van der Waals surface area contributed by atoms with Crippen LogP contribution in [-0.4, -0.2) is 30.9 Å². The van der Waals surface area contributed by atoms with Crippen LogP contribution in [0.3, 0.4) is 0 Å². The molecule has 28 heavy (non-hydrogen) atoms. The number of benzene rings is 2. The maximum Gasteiger partial charge on any atom is 0.295 e. The number of aromatic nitrogens is 5. The van der Waals surface area contributed by atoms with E-state index in [9.17, 15) is 4.79 Å². The van der Waals surface area contributed by atoms with E-state index >= 15 is 0 Å². The van der Waals surface area contributed by atoms with Crippen LogP contribution < -0.4 is 5.32 Å². The van der Waals surface area contributed by atoms with E-state index in [1.807, 2.05) is 66.0 Å². The van der Waals surface area contributed by atoms with Crippen LogP contribution in [0, 0.1) is 0 Å². The van der Waals surface area contributed by atoms with Crippen LogP contribution in [0.4, 0.5) is 5.69 Å². The van der Waals surface area contributed by atoms with E-state index in [2.05, 4.69) is 25.6 Å². The molecular weight excluding hydrogens is 372 g/mol. The molecule has 2 N–H and O–H groups in total. The first kappa shape index (κ1) is 16.4. The molecule has 0 aliphatic rings. The average molecular weight is 386 g/mol. The standard InChI is InChI=1S/C20H14N6OS/c27-20(22-14-9-8-13-12-21-24-16(13)11-14)18-23-19(17-7-4-10-28-17)26(25-18)15-5-2-1-3-6-15/h1-12H,(H,21,24)(H,22,27). The number of hydrogen-bond donors (Lipinski definition) is 2. The third-order valence-electron chi connectivity index (χ3n) is 4.25. The Hall–Kier alpha value is -3.78. The molecule has 2 aromatic carbocycles. The highest BCUT2D eigenvalue weighted by molar-refractivity contribution is 7.13. The minimum Gasteiger partial charge on any atom is -0.319 e. The third-order valence-corrected chi connectivity index (χ3v) is 5.12. The molecule has 136 valence electrons. The fourth-order valence-electron chi connectivity index (χ4n) is 2.92. The molecule has 0 aliphatic carbocycles. The van der Waals surface area contributed by atoms with Gasteiger partial charge in [-0.2, -0.15) is 5.10 Å². The van der Waals surface area contributed by atoms with Crippen LogP contribution in [0.1, 0.15) is 10.6 Å². The van der Waals surface area contributed by atoms with Gasteiger partial charge in [-0.15, -0.1) is 16.4 Å². The number of carbonyl (C=O) groups excluding carboxylic acids is 1. The van der Waals surface area contributed by atoms with Gasteiger partial charge in [0.2, 0.25) is 5.82 Å². The molecule has 0 saturated carbocycles. The number of rotatable bonds is 4. The van der Waals surface area contributed by atoms with Crippen molar-refractivity contribution in [3.8, 4) is 16.4 Å². The fourth-order valence-corrected chi connectivity index (χ4v) is 3.62. The van der Waals surface area contributed by atoms with Gasteiger partial charge in [0.05, 0.1) is 22.3 Å².